The molecule has 2 heterocycles. The number of methoxy groups -OCH3 is 2. The van der Waals surface area contributed by atoms with Crippen molar-refractivity contribution in [3.05, 3.63) is 53.9 Å². The van der Waals surface area contributed by atoms with Gasteiger partial charge in [0.05, 0.1) is 37.7 Å². The second-order valence-corrected chi connectivity index (χ2v) is 7.10. The highest BCUT2D eigenvalue weighted by atomic mass is 16.5. The highest BCUT2D eigenvalue weighted by molar-refractivity contribution is 5.80. The molecule has 1 aliphatic rings. The number of benzene rings is 2. The number of nitrogens with zero attached hydrogens (tertiary/aromatic N) is 2. The fourth-order valence-electron chi connectivity index (χ4n) is 3.91. The number of hydrogen-bond donors (Lipinski definition) is 1. The van der Waals surface area contributed by atoms with Crippen molar-refractivity contribution in [3.63, 3.8) is 0 Å². The van der Waals surface area contributed by atoms with Gasteiger partial charge in [-0.05, 0) is 49.1 Å². The van der Waals surface area contributed by atoms with Crippen molar-refractivity contribution in [1.82, 2.24) is 14.9 Å². The Bertz CT molecular complexity index is 949. The maximum Gasteiger partial charge on any atom is 0.227 e. The van der Waals surface area contributed by atoms with Gasteiger partial charge in [-0.1, -0.05) is 18.2 Å². The molecule has 6 heteroatoms. The molecule has 0 spiro atoms. The van der Waals surface area contributed by atoms with Gasteiger partial charge < -0.3 is 19.4 Å². The molecule has 146 valence electrons. The van der Waals surface area contributed by atoms with Crippen molar-refractivity contribution in [2.24, 2.45) is 0 Å². The summed E-state index contributed by atoms with van der Waals surface area (Å²) in [5, 5.41) is 0. The third-order valence-corrected chi connectivity index (χ3v) is 5.35. The van der Waals surface area contributed by atoms with E-state index >= 15 is 0 Å². The van der Waals surface area contributed by atoms with E-state index in [1.165, 1.54) is 0 Å². The summed E-state index contributed by atoms with van der Waals surface area (Å²) in [7, 11) is 3.21. The van der Waals surface area contributed by atoms with Gasteiger partial charge in [-0.2, -0.15) is 0 Å². The highest BCUT2D eigenvalue weighted by Gasteiger charge is 2.30. The molecule has 1 aliphatic heterocycles. The first-order chi connectivity index (χ1) is 13.7. The summed E-state index contributed by atoms with van der Waals surface area (Å²) in [6.45, 7) is 0.758. The molecule has 1 atom stereocenters. The Labute approximate surface area is 164 Å². The fourth-order valence-corrected chi connectivity index (χ4v) is 3.91. The molecule has 1 fully saturated rings. The summed E-state index contributed by atoms with van der Waals surface area (Å²) in [6, 6.07) is 13.6. The minimum absolute atomic E-state index is 0.00575. The largest absolute Gasteiger partial charge is 0.493 e. The van der Waals surface area contributed by atoms with Crippen molar-refractivity contribution in [1.29, 1.82) is 0 Å². The maximum absolute atomic E-state index is 13.1. The summed E-state index contributed by atoms with van der Waals surface area (Å²) in [5.41, 5.74) is 2.86. The molecule has 1 saturated heterocycles. The van der Waals surface area contributed by atoms with Crippen LogP contribution < -0.4 is 9.47 Å². The van der Waals surface area contributed by atoms with Crippen LogP contribution in [0.1, 0.15) is 36.7 Å². The van der Waals surface area contributed by atoms with Crippen LogP contribution in [-0.4, -0.2) is 41.5 Å². The maximum atomic E-state index is 13.1. The van der Waals surface area contributed by atoms with E-state index in [0.29, 0.717) is 17.9 Å². The lowest BCUT2D eigenvalue weighted by Gasteiger charge is -2.34. The van der Waals surface area contributed by atoms with Crippen molar-refractivity contribution < 1.29 is 14.3 Å². The zero-order chi connectivity index (χ0) is 19.5. The molecule has 4 rings (SSSR count). The highest BCUT2D eigenvalue weighted by Crippen LogP contribution is 2.32. The predicted molar refractivity (Wildman–Crippen MR) is 108 cm³/mol. The molecule has 1 N–H and O–H groups in total. The fraction of sp³-hybridized carbons (Fsp3) is 0.364. The Hall–Kier alpha value is -3.02. The molecule has 0 aliphatic carbocycles. The number of para-hydroxylation sites is 2. The topological polar surface area (TPSA) is 67.5 Å². The van der Waals surface area contributed by atoms with Crippen LogP contribution in [0.5, 0.6) is 11.5 Å². The summed E-state index contributed by atoms with van der Waals surface area (Å²) >= 11 is 0. The van der Waals surface area contributed by atoms with Gasteiger partial charge in [0.2, 0.25) is 5.91 Å². The zero-order valence-corrected chi connectivity index (χ0v) is 16.3. The quantitative estimate of drug-likeness (QED) is 0.731. The van der Waals surface area contributed by atoms with Crippen molar-refractivity contribution in [2.45, 2.75) is 31.7 Å². The SMILES string of the molecule is COc1ccc(CC(=O)N2CCCC[C@H]2c2nc3ccccc3[nH]2)cc1OC. The molecule has 0 radical (unpaired) electrons. The van der Waals surface area contributed by atoms with Crippen LogP contribution in [0.4, 0.5) is 0 Å². The summed E-state index contributed by atoms with van der Waals surface area (Å²) in [6.07, 6.45) is 3.38. The van der Waals surface area contributed by atoms with Crippen LogP contribution in [0.25, 0.3) is 11.0 Å². The van der Waals surface area contributed by atoms with E-state index in [2.05, 4.69) is 4.98 Å². The number of fused-ring (bicyclic) bond motifs is 1. The van der Waals surface area contributed by atoms with E-state index in [1.807, 2.05) is 47.4 Å². The number of imidazole rings is 1. The summed E-state index contributed by atoms with van der Waals surface area (Å²) < 4.78 is 10.6. The number of carbonyl (C=O) groups excluding carboxylic acids is 1. The van der Waals surface area contributed by atoms with Crippen molar-refractivity contribution >= 4 is 16.9 Å². The Balaban J connectivity index is 1.56. The van der Waals surface area contributed by atoms with Crippen molar-refractivity contribution in [2.75, 3.05) is 20.8 Å². The zero-order valence-electron chi connectivity index (χ0n) is 16.3. The molecular weight excluding hydrogens is 354 g/mol. The van der Waals surface area contributed by atoms with Crippen LogP contribution >= 0.6 is 0 Å². The molecule has 3 aromatic rings. The predicted octanol–water partition coefficient (Wildman–Crippen LogP) is 3.88. The van der Waals surface area contributed by atoms with Gasteiger partial charge in [0.25, 0.3) is 0 Å². The number of H-pyrrole nitrogens is 1. The third-order valence-electron chi connectivity index (χ3n) is 5.35. The first-order valence-corrected chi connectivity index (χ1v) is 9.64. The molecule has 1 amide bonds. The van der Waals surface area contributed by atoms with E-state index in [0.717, 1.165) is 48.2 Å². The van der Waals surface area contributed by atoms with Gasteiger partial charge in [0, 0.05) is 6.54 Å². The number of nitrogens with one attached hydrogen (secondary N) is 1. The van der Waals surface area contributed by atoms with E-state index in [1.54, 1.807) is 14.2 Å². The monoisotopic (exact) mass is 379 g/mol. The van der Waals surface area contributed by atoms with E-state index < -0.39 is 0 Å². The van der Waals surface area contributed by atoms with Crippen LogP contribution in [0.15, 0.2) is 42.5 Å². The van der Waals surface area contributed by atoms with Crippen LogP contribution in [-0.2, 0) is 11.2 Å². The Morgan fingerprint density at radius 3 is 2.75 bits per heavy atom. The molecule has 0 bridgehead atoms. The molecule has 1 aromatic heterocycles. The smallest absolute Gasteiger partial charge is 0.227 e. The van der Waals surface area contributed by atoms with E-state index in [9.17, 15) is 4.79 Å². The second-order valence-electron chi connectivity index (χ2n) is 7.10. The van der Waals surface area contributed by atoms with Crippen LogP contribution in [0, 0.1) is 0 Å². The average molecular weight is 379 g/mol. The van der Waals surface area contributed by atoms with Gasteiger partial charge >= 0.3 is 0 Å². The number of likely N-dealkylation sites (tertiary alicyclic amines) is 1. The lowest BCUT2D eigenvalue weighted by atomic mass is 10.00. The Kier molecular flexibility index (Phi) is 5.19. The lowest BCUT2D eigenvalue weighted by molar-refractivity contribution is -0.134. The van der Waals surface area contributed by atoms with Crippen LogP contribution in [0.2, 0.25) is 0 Å². The first-order valence-electron chi connectivity index (χ1n) is 9.64. The number of aromatic nitrogens is 2. The number of piperidine rings is 1. The third kappa shape index (κ3) is 3.54. The molecule has 2 aromatic carbocycles. The molecular formula is C22H25N3O3. The van der Waals surface area contributed by atoms with Gasteiger partial charge in [0.1, 0.15) is 5.82 Å². The molecule has 0 unspecified atom stereocenters. The normalized spacial score (nSPS) is 16.9. The molecule has 6 nitrogen and oxygen atoms in total. The Morgan fingerprint density at radius 2 is 1.96 bits per heavy atom. The summed E-state index contributed by atoms with van der Waals surface area (Å²) in [5.74, 6) is 2.29. The van der Waals surface area contributed by atoms with E-state index in [-0.39, 0.29) is 11.9 Å². The minimum Gasteiger partial charge on any atom is -0.493 e. The van der Waals surface area contributed by atoms with Crippen LogP contribution in [0.3, 0.4) is 0 Å². The second kappa shape index (κ2) is 7.92. The van der Waals surface area contributed by atoms with Gasteiger partial charge in [0.15, 0.2) is 11.5 Å². The number of rotatable bonds is 5. The van der Waals surface area contributed by atoms with Gasteiger partial charge in [-0.15, -0.1) is 0 Å². The number of aromatic amines is 1. The standard InChI is InChI=1S/C22H25N3O3/c1-27-19-11-10-15(13-20(19)28-2)14-21(26)25-12-6-5-9-18(25)22-23-16-7-3-4-8-17(16)24-22/h3-4,7-8,10-11,13,18H,5-6,9,12,14H2,1-2H3,(H,23,24)/t18-/m0/s1. The number of carbonyl (C=O) groups is 1. The van der Waals surface area contributed by atoms with E-state index in [4.69, 9.17) is 14.5 Å². The van der Waals surface area contributed by atoms with Gasteiger partial charge in [-0.3, -0.25) is 4.79 Å². The number of ether oxygens (including phenoxy) is 2. The molecule has 28 heavy (non-hydrogen) atoms. The van der Waals surface area contributed by atoms with Gasteiger partial charge in [-0.25, -0.2) is 4.98 Å². The van der Waals surface area contributed by atoms with Crippen molar-refractivity contribution in [3.8, 4) is 11.5 Å². The first kappa shape index (κ1) is 18.3. The summed E-state index contributed by atoms with van der Waals surface area (Å²) in [4.78, 5) is 23.2. The molecule has 0 saturated carbocycles. The minimum atomic E-state index is -0.00575. The number of hydrogen-bond acceptors (Lipinski definition) is 4. The number of amides is 1. The lowest BCUT2D eigenvalue weighted by Crippen LogP contribution is -2.39. The Morgan fingerprint density at radius 1 is 1.14 bits per heavy atom. The average Bonchev–Trinajstić information content (AvgIpc) is 3.17.